The van der Waals surface area contributed by atoms with Gasteiger partial charge in [0.25, 0.3) is 0 Å². The van der Waals surface area contributed by atoms with Crippen LogP contribution in [-0.2, 0) is 52.5 Å². The fourth-order valence-corrected chi connectivity index (χ4v) is 6.91. The zero-order valence-corrected chi connectivity index (χ0v) is 39.1. The van der Waals surface area contributed by atoms with Gasteiger partial charge in [0, 0.05) is 51.0 Å². The number of nitrogens with zero attached hydrogens (tertiary/aromatic N) is 1. The molecule has 2 unspecified atom stereocenters. The standard InChI is InChI=1S/C45H80N8O13/c46-34-53-38-29-36(47)44(61)35(38)30-51-37(45(62)52-31-43(59)60)17-15-16-20-48-40(55)32-65-27-26-64-24-22-50-41(56)33-66-28-25-63-23-21-49-39(54)18-13-11-9-7-5-3-1-2-4-6-8-10-12-14-19-42(57)58/h34,36-37,51H,1-33,47H2,(H2,46,53)(H,48,55)(H,49,54)(H,50,56)(H,52,62)(H,57,58)(H,59,60). The van der Waals surface area contributed by atoms with Crippen LogP contribution >= 0.6 is 0 Å². The first kappa shape index (κ1) is 59.5. The van der Waals surface area contributed by atoms with Gasteiger partial charge in [-0.3, -0.25) is 33.6 Å². The van der Waals surface area contributed by atoms with E-state index < -0.39 is 36.5 Å². The quantitative estimate of drug-likeness (QED) is 0.0238. The van der Waals surface area contributed by atoms with Crippen LogP contribution in [0.2, 0.25) is 0 Å². The highest BCUT2D eigenvalue weighted by atomic mass is 16.5. The van der Waals surface area contributed by atoms with Crippen molar-refractivity contribution in [3.63, 3.8) is 0 Å². The van der Waals surface area contributed by atoms with Crippen LogP contribution < -0.4 is 38.1 Å². The highest BCUT2D eigenvalue weighted by molar-refractivity contribution is 6.03. The van der Waals surface area contributed by atoms with Gasteiger partial charge >= 0.3 is 11.9 Å². The van der Waals surface area contributed by atoms with Crippen molar-refractivity contribution in [2.75, 3.05) is 85.6 Å². The molecule has 378 valence electrons. The lowest BCUT2D eigenvalue weighted by Gasteiger charge is -2.18. The number of hydrogen-bond donors (Lipinski definition) is 9. The Labute approximate surface area is 390 Å². The fourth-order valence-electron chi connectivity index (χ4n) is 6.91. The Morgan fingerprint density at radius 1 is 0.606 bits per heavy atom. The molecular weight excluding hydrogens is 861 g/mol. The lowest BCUT2D eigenvalue weighted by Crippen LogP contribution is -2.46. The molecule has 4 amide bonds. The van der Waals surface area contributed by atoms with Crippen LogP contribution in [0.15, 0.2) is 16.3 Å². The minimum absolute atomic E-state index is 0.00207. The molecule has 0 bridgehead atoms. The van der Waals surface area contributed by atoms with Crippen LogP contribution in [0, 0.1) is 0 Å². The molecule has 0 radical (unpaired) electrons. The van der Waals surface area contributed by atoms with Gasteiger partial charge in [-0.05, 0) is 32.1 Å². The molecule has 0 aromatic heterocycles. The van der Waals surface area contributed by atoms with E-state index >= 15 is 0 Å². The number of carboxylic acids is 2. The number of ether oxygens (including phenoxy) is 4. The summed E-state index contributed by atoms with van der Waals surface area (Å²) in [6, 6.07) is -1.55. The number of rotatable bonds is 45. The van der Waals surface area contributed by atoms with Crippen LogP contribution in [0.25, 0.3) is 0 Å². The van der Waals surface area contributed by atoms with E-state index in [2.05, 4.69) is 31.6 Å². The summed E-state index contributed by atoms with van der Waals surface area (Å²) in [5.74, 6) is -3.34. The number of carbonyl (C=O) groups is 7. The zero-order chi connectivity index (χ0) is 48.5. The van der Waals surface area contributed by atoms with E-state index in [1.807, 2.05) is 0 Å². The summed E-state index contributed by atoms with van der Waals surface area (Å²) in [5.41, 5.74) is 12.0. The van der Waals surface area contributed by atoms with Crippen LogP contribution in [0.3, 0.4) is 0 Å². The van der Waals surface area contributed by atoms with Crippen molar-refractivity contribution in [1.29, 1.82) is 0 Å². The number of amides is 4. The lowest BCUT2D eigenvalue weighted by molar-refractivity contribution is -0.138. The smallest absolute Gasteiger partial charge is 0.322 e. The maximum atomic E-state index is 12.7. The van der Waals surface area contributed by atoms with Gasteiger partial charge in [0.1, 0.15) is 19.8 Å². The lowest BCUT2D eigenvalue weighted by atomic mass is 10.0. The van der Waals surface area contributed by atoms with Gasteiger partial charge in [-0.15, -0.1) is 0 Å². The summed E-state index contributed by atoms with van der Waals surface area (Å²) in [6.07, 6.45) is 19.4. The Bertz CT molecular complexity index is 1470. The number of aliphatic imine (C=N–C) groups is 1. The third-order valence-corrected chi connectivity index (χ3v) is 10.5. The summed E-state index contributed by atoms with van der Waals surface area (Å²) in [6.45, 7) is 1.67. The number of nitrogens with two attached hydrogens (primary N) is 2. The van der Waals surface area contributed by atoms with E-state index in [-0.39, 0.29) is 89.1 Å². The first-order valence-electron chi connectivity index (χ1n) is 23.8. The predicted octanol–water partition coefficient (Wildman–Crippen LogP) is 1.60. The van der Waals surface area contributed by atoms with E-state index in [4.69, 9.17) is 40.6 Å². The van der Waals surface area contributed by atoms with Gasteiger partial charge in [0.15, 0.2) is 5.78 Å². The van der Waals surface area contributed by atoms with Gasteiger partial charge in [-0.25, -0.2) is 4.99 Å². The second kappa shape index (κ2) is 40.7. The first-order valence-corrected chi connectivity index (χ1v) is 23.8. The van der Waals surface area contributed by atoms with E-state index in [9.17, 15) is 33.6 Å². The van der Waals surface area contributed by atoms with Gasteiger partial charge in [0.2, 0.25) is 23.6 Å². The van der Waals surface area contributed by atoms with Crippen LogP contribution in [0.5, 0.6) is 0 Å². The van der Waals surface area contributed by atoms with Crippen molar-refractivity contribution >= 4 is 47.7 Å². The number of carboxylic acid groups (broad SMARTS) is 2. The normalized spacial score (nSPS) is 14.1. The van der Waals surface area contributed by atoms with Crippen LogP contribution in [0.4, 0.5) is 0 Å². The second-order valence-corrected chi connectivity index (χ2v) is 16.1. The first-order chi connectivity index (χ1) is 31.9. The van der Waals surface area contributed by atoms with Crippen molar-refractivity contribution in [3.05, 3.63) is 11.3 Å². The average molecular weight is 941 g/mol. The van der Waals surface area contributed by atoms with Crippen molar-refractivity contribution in [3.8, 4) is 0 Å². The molecule has 0 spiro atoms. The van der Waals surface area contributed by atoms with E-state index in [1.165, 1.54) is 51.4 Å². The summed E-state index contributed by atoms with van der Waals surface area (Å²) < 4.78 is 21.5. The molecule has 1 aliphatic carbocycles. The fraction of sp³-hybridized carbons (Fsp3) is 0.778. The zero-order valence-electron chi connectivity index (χ0n) is 39.1. The van der Waals surface area contributed by atoms with Gasteiger partial charge in [-0.2, -0.15) is 0 Å². The number of Topliss-reactive ketones (excluding diaryl/α,β-unsaturated/α-hetero) is 1. The molecule has 1 rings (SSSR count). The third-order valence-electron chi connectivity index (χ3n) is 10.5. The molecule has 0 aliphatic heterocycles. The largest absolute Gasteiger partial charge is 0.481 e. The number of unbranched alkanes of at least 4 members (excludes halogenated alkanes) is 14. The minimum Gasteiger partial charge on any atom is -0.481 e. The molecule has 0 fully saturated rings. The highest BCUT2D eigenvalue weighted by Gasteiger charge is 2.31. The number of aliphatic carboxylic acids is 2. The maximum Gasteiger partial charge on any atom is 0.322 e. The van der Waals surface area contributed by atoms with Crippen molar-refractivity contribution in [1.82, 2.24) is 26.6 Å². The summed E-state index contributed by atoms with van der Waals surface area (Å²) in [5, 5.41) is 31.2. The topological polar surface area (TPSA) is 321 Å². The Morgan fingerprint density at radius 3 is 1.61 bits per heavy atom. The number of ketones is 1. The molecule has 1 aliphatic rings. The van der Waals surface area contributed by atoms with E-state index in [0.29, 0.717) is 63.3 Å². The Hall–Kier alpha value is -4.54. The minimum atomic E-state index is -1.20. The van der Waals surface area contributed by atoms with Gasteiger partial charge in [0.05, 0.1) is 63.8 Å². The van der Waals surface area contributed by atoms with Crippen molar-refractivity contribution < 1.29 is 62.7 Å². The molecule has 66 heavy (non-hydrogen) atoms. The van der Waals surface area contributed by atoms with Crippen molar-refractivity contribution in [2.45, 2.75) is 141 Å². The average Bonchev–Trinajstić information content (AvgIpc) is 3.55. The molecular formula is C45H80N8O13. The number of hydrogen-bond acceptors (Lipinski definition) is 14. The third kappa shape index (κ3) is 33.9. The number of carbonyl (C=O) groups excluding carboxylic acids is 5. The van der Waals surface area contributed by atoms with E-state index in [1.54, 1.807) is 0 Å². The summed E-state index contributed by atoms with van der Waals surface area (Å²) in [7, 11) is 0. The highest BCUT2D eigenvalue weighted by Crippen LogP contribution is 2.23. The molecule has 21 nitrogen and oxygen atoms in total. The second-order valence-electron chi connectivity index (χ2n) is 16.1. The molecule has 21 heteroatoms. The van der Waals surface area contributed by atoms with Crippen LogP contribution in [-0.4, -0.2) is 156 Å². The summed E-state index contributed by atoms with van der Waals surface area (Å²) in [4.78, 5) is 86.8. The van der Waals surface area contributed by atoms with Gasteiger partial charge in [-0.1, -0.05) is 77.0 Å². The molecule has 11 N–H and O–H groups in total. The Morgan fingerprint density at radius 2 is 1.09 bits per heavy atom. The van der Waals surface area contributed by atoms with E-state index in [0.717, 1.165) is 44.9 Å². The molecule has 0 heterocycles. The van der Waals surface area contributed by atoms with Crippen molar-refractivity contribution in [2.24, 2.45) is 16.5 Å². The molecule has 2 atom stereocenters. The number of nitrogens with one attached hydrogen (secondary N) is 5. The maximum absolute atomic E-state index is 12.7. The Kier molecular flexibility index (Phi) is 36.7. The molecule has 0 aromatic rings. The van der Waals surface area contributed by atoms with Gasteiger partial charge < -0.3 is 67.2 Å². The predicted molar refractivity (Wildman–Crippen MR) is 247 cm³/mol. The SMILES string of the molecule is NC=NC1=C(CNC(CCCCNC(=O)COCCOCCNC(=O)COCCOCCNC(=O)CCCCCCCCCCCCCCCCC(=O)O)C(=O)NCC(=O)O)C(=O)C(N)C1. The van der Waals surface area contributed by atoms with Crippen LogP contribution in [0.1, 0.15) is 128 Å². The molecule has 0 saturated carbocycles. The monoisotopic (exact) mass is 941 g/mol. The molecule has 0 aromatic carbocycles. The Balaban J connectivity index is 1.94. The molecule has 0 saturated heterocycles. The summed E-state index contributed by atoms with van der Waals surface area (Å²) >= 11 is 0.